The van der Waals surface area contributed by atoms with Crippen LogP contribution in [0.1, 0.15) is 59.3 Å². The third kappa shape index (κ3) is 3.62. The van der Waals surface area contributed by atoms with Crippen molar-refractivity contribution in [3.8, 4) is 5.75 Å². The van der Waals surface area contributed by atoms with Gasteiger partial charge in [0.25, 0.3) is 5.91 Å². The van der Waals surface area contributed by atoms with Gasteiger partial charge < -0.3 is 19.4 Å². The third-order valence-electron chi connectivity index (χ3n) is 6.67. The highest BCUT2D eigenvalue weighted by molar-refractivity contribution is 5.94. The molecule has 0 radical (unpaired) electrons. The summed E-state index contributed by atoms with van der Waals surface area (Å²) in [5.74, 6) is 1.56. The fourth-order valence-electron chi connectivity index (χ4n) is 4.56. The summed E-state index contributed by atoms with van der Waals surface area (Å²) in [4.78, 5) is 26.8. The lowest BCUT2D eigenvalue weighted by molar-refractivity contribution is 0.00530. The number of carbonyl (C=O) groups excluding carboxylic acids is 1. The number of aromatic nitrogens is 3. The molecule has 3 fully saturated rings. The molecule has 1 saturated carbocycles. The molecule has 8 heteroatoms. The van der Waals surface area contributed by atoms with Crippen LogP contribution in [-0.4, -0.2) is 58.2 Å². The van der Waals surface area contributed by atoms with E-state index in [1.807, 2.05) is 29.2 Å². The van der Waals surface area contributed by atoms with E-state index >= 15 is 0 Å². The van der Waals surface area contributed by atoms with Gasteiger partial charge in [-0.05, 0) is 55.9 Å². The maximum atomic E-state index is 14.8. The molecule has 3 aliphatic rings. The molecule has 166 valence electrons. The number of H-pyrrole nitrogens is 1. The molecule has 1 amide bonds. The second-order valence-corrected chi connectivity index (χ2v) is 8.98. The summed E-state index contributed by atoms with van der Waals surface area (Å²) in [7, 11) is 0. The molecule has 3 aromatic rings. The van der Waals surface area contributed by atoms with Gasteiger partial charge in [-0.15, -0.1) is 0 Å². The Morgan fingerprint density at radius 3 is 2.50 bits per heavy atom. The zero-order valence-electron chi connectivity index (χ0n) is 17.7. The highest BCUT2D eigenvalue weighted by atomic mass is 19.1. The van der Waals surface area contributed by atoms with Gasteiger partial charge in [0.2, 0.25) is 0 Å². The Kier molecular flexibility index (Phi) is 4.82. The SMILES string of the molecule is O=C(c1ccc(OC2CC2)cc1)N1CCC(c2c(F)cnc3nc(C4COC4)[nH]c23)CC1. The average Bonchev–Trinajstić information content (AvgIpc) is 3.49. The van der Waals surface area contributed by atoms with E-state index in [-0.39, 0.29) is 23.6 Å². The zero-order valence-corrected chi connectivity index (χ0v) is 17.7. The van der Waals surface area contributed by atoms with Crippen LogP contribution in [0.3, 0.4) is 0 Å². The number of fused-ring (bicyclic) bond motifs is 1. The number of piperidine rings is 1. The number of ether oxygens (including phenoxy) is 2. The van der Waals surface area contributed by atoms with Crippen LogP contribution in [-0.2, 0) is 4.74 Å². The lowest BCUT2D eigenvalue weighted by Gasteiger charge is -2.32. The lowest BCUT2D eigenvalue weighted by Crippen LogP contribution is -2.38. The van der Waals surface area contributed by atoms with Crippen molar-refractivity contribution in [3.63, 3.8) is 0 Å². The maximum absolute atomic E-state index is 14.8. The lowest BCUT2D eigenvalue weighted by atomic mass is 9.88. The Labute approximate surface area is 184 Å². The molecule has 0 unspecified atom stereocenters. The van der Waals surface area contributed by atoms with Crippen LogP contribution in [0.2, 0.25) is 0 Å². The summed E-state index contributed by atoms with van der Waals surface area (Å²) in [6.45, 7) is 2.44. The van der Waals surface area contributed by atoms with Gasteiger partial charge >= 0.3 is 0 Å². The van der Waals surface area contributed by atoms with E-state index in [0.717, 1.165) is 24.4 Å². The number of halogens is 1. The van der Waals surface area contributed by atoms with E-state index in [0.29, 0.717) is 67.5 Å². The van der Waals surface area contributed by atoms with Gasteiger partial charge in [-0.3, -0.25) is 4.79 Å². The molecule has 1 aliphatic carbocycles. The Morgan fingerprint density at radius 1 is 1.09 bits per heavy atom. The van der Waals surface area contributed by atoms with E-state index < -0.39 is 0 Å². The minimum absolute atomic E-state index is 0.00980. The second kappa shape index (κ2) is 7.85. The first-order valence-corrected chi connectivity index (χ1v) is 11.3. The molecule has 0 atom stereocenters. The molecular formula is C24H25FN4O3. The van der Waals surface area contributed by atoms with Crippen LogP contribution >= 0.6 is 0 Å². The van der Waals surface area contributed by atoms with Gasteiger partial charge in [-0.2, -0.15) is 0 Å². The van der Waals surface area contributed by atoms with Gasteiger partial charge in [0.15, 0.2) is 5.65 Å². The molecular weight excluding hydrogens is 411 g/mol. The van der Waals surface area contributed by atoms with Gasteiger partial charge in [0.05, 0.1) is 36.9 Å². The van der Waals surface area contributed by atoms with E-state index in [2.05, 4.69) is 15.0 Å². The molecule has 6 rings (SSSR count). The average molecular weight is 436 g/mol. The van der Waals surface area contributed by atoms with Gasteiger partial charge in [-0.1, -0.05) is 0 Å². The number of nitrogens with zero attached hydrogens (tertiary/aromatic N) is 3. The number of aromatic amines is 1. The minimum atomic E-state index is -0.311. The Morgan fingerprint density at radius 2 is 1.84 bits per heavy atom. The number of benzene rings is 1. The predicted molar refractivity (Wildman–Crippen MR) is 115 cm³/mol. The largest absolute Gasteiger partial charge is 0.490 e. The standard InChI is InChI=1S/C24H25FN4O3/c25-19-11-26-23-21(27-22(28-23)16-12-31-13-16)20(19)14-7-9-29(10-8-14)24(30)15-1-3-17(4-2-15)32-18-5-6-18/h1-4,11,14,16,18H,5-10,12-13H2,(H,26,27,28). The van der Waals surface area contributed by atoms with Crippen molar-refractivity contribution in [1.29, 1.82) is 0 Å². The van der Waals surface area contributed by atoms with Crippen LogP contribution in [0.5, 0.6) is 5.75 Å². The molecule has 32 heavy (non-hydrogen) atoms. The first-order valence-electron chi connectivity index (χ1n) is 11.3. The quantitative estimate of drug-likeness (QED) is 0.659. The molecule has 0 spiro atoms. The van der Waals surface area contributed by atoms with Gasteiger partial charge in [0.1, 0.15) is 17.4 Å². The fourth-order valence-corrected chi connectivity index (χ4v) is 4.56. The van der Waals surface area contributed by atoms with Crippen molar-refractivity contribution in [2.75, 3.05) is 26.3 Å². The summed E-state index contributed by atoms with van der Waals surface area (Å²) >= 11 is 0. The summed E-state index contributed by atoms with van der Waals surface area (Å²) in [6, 6.07) is 7.39. The number of carbonyl (C=O) groups is 1. The van der Waals surface area contributed by atoms with Crippen molar-refractivity contribution in [2.24, 2.45) is 0 Å². The van der Waals surface area contributed by atoms with E-state index in [1.54, 1.807) is 0 Å². The molecule has 2 saturated heterocycles. The van der Waals surface area contributed by atoms with E-state index in [9.17, 15) is 9.18 Å². The predicted octanol–water partition coefficient (Wildman–Crippen LogP) is 3.77. The number of pyridine rings is 1. The summed E-state index contributed by atoms with van der Waals surface area (Å²) in [5, 5.41) is 0. The molecule has 2 aromatic heterocycles. The Balaban J connectivity index is 1.16. The summed E-state index contributed by atoms with van der Waals surface area (Å²) in [5.41, 5.74) is 2.53. The smallest absolute Gasteiger partial charge is 0.253 e. The Bertz CT molecular complexity index is 1150. The number of hydrogen-bond acceptors (Lipinski definition) is 5. The number of likely N-dealkylation sites (tertiary alicyclic amines) is 1. The van der Waals surface area contributed by atoms with E-state index in [1.165, 1.54) is 6.20 Å². The maximum Gasteiger partial charge on any atom is 0.253 e. The highest BCUT2D eigenvalue weighted by Crippen LogP contribution is 2.35. The minimum Gasteiger partial charge on any atom is -0.490 e. The number of rotatable bonds is 5. The van der Waals surface area contributed by atoms with Crippen molar-refractivity contribution in [2.45, 2.75) is 43.6 Å². The van der Waals surface area contributed by atoms with Crippen LogP contribution in [0, 0.1) is 5.82 Å². The van der Waals surface area contributed by atoms with Crippen molar-refractivity contribution < 1.29 is 18.7 Å². The number of amides is 1. The van der Waals surface area contributed by atoms with Crippen LogP contribution in [0.15, 0.2) is 30.5 Å². The molecule has 0 bridgehead atoms. The number of hydrogen-bond donors (Lipinski definition) is 1. The van der Waals surface area contributed by atoms with Crippen molar-refractivity contribution in [3.05, 3.63) is 53.2 Å². The van der Waals surface area contributed by atoms with Gasteiger partial charge in [-0.25, -0.2) is 14.4 Å². The molecule has 2 aliphatic heterocycles. The Hall–Kier alpha value is -3.00. The highest BCUT2D eigenvalue weighted by Gasteiger charge is 2.30. The topological polar surface area (TPSA) is 80.3 Å². The van der Waals surface area contributed by atoms with Crippen LogP contribution in [0.4, 0.5) is 4.39 Å². The summed E-state index contributed by atoms with van der Waals surface area (Å²) in [6.07, 6.45) is 5.21. The molecule has 7 nitrogen and oxygen atoms in total. The number of nitrogens with one attached hydrogen (secondary N) is 1. The molecule has 1 N–H and O–H groups in total. The second-order valence-electron chi connectivity index (χ2n) is 8.98. The van der Waals surface area contributed by atoms with Crippen LogP contribution < -0.4 is 4.74 Å². The fraction of sp³-hybridized carbons (Fsp3) is 0.458. The number of imidazole rings is 1. The molecule has 4 heterocycles. The normalized spacial score (nSPS) is 19.8. The van der Waals surface area contributed by atoms with Crippen LogP contribution in [0.25, 0.3) is 11.2 Å². The zero-order chi connectivity index (χ0) is 21.7. The monoisotopic (exact) mass is 436 g/mol. The van der Waals surface area contributed by atoms with Gasteiger partial charge in [0, 0.05) is 24.2 Å². The third-order valence-corrected chi connectivity index (χ3v) is 6.67. The first kappa shape index (κ1) is 19.7. The van der Waals surface area contributed by atoms with Crippen molar-refractivity contribution >= 4 is 17.1 Å². The summed E-state index contributed by atoms with van der Waals surface area (Å²) < 4.78 is 25.9. The first-order chi connectivity index (χ1) is 15.7. The van der Waals surface area contributed by atoms with E-state index in [4.69, 9.17) is 9.47 Å². The van der Waals surface area contributed by atoms with Crippen molar-refractivity contribution in [1.82, 2.24) is 19.9 Å². The molecule has 1 aromatic carbocycles.